The largest absolute Gasteiger partial charge is 0.459 e. The van der Waals surface area contributed by atoms with Crippen molar-refractivity contribution in [3.63, 3.8) is 0 Å². The quantitative estimate of drug-likeness (QED) is 0.584. The monoisotopic (exact) mass is 292 g/mol. The van der Waals surface area contributed by atoms with Gasteiger partial charge in [-0.15, -0.1) is 0 Å². The van der Waals surface area contributed by atoms with Gasteiger partial charge in [-0.2, -0.15) is 0 Å². The van der Waals surface area contributed by atoms with Gasteiger partial charge in [0, 0.05) is 11.1 Å². The summed E-state index contributed by atoms with van der Waals surface area (Å²) in [4.78, 5) is 11.5. The molecule has 1 saturated carbocycles. The summed E-state index contributed by atoms with van der Waals surface area (Å²) in [5, 5.41) is 0.777. The first kappa shape index (κ1) is 15.1. The number of allylic oxidation sites excluding steroid dienone is 1. The molecule has 0 amide bonds. The molecule has 0 radical (unpaired) electrons. The van der Waals surface area contributed by atoms with Gasteiger partial charge in [-0.3, -0.25) is 0 Å². The molecule has 0 atom stereocenters. The SMILES string of the molecule is CC/C=C/C(=O)OC1CCC(c2ccc(Cl)cc2)CC1. The molecule has 1 fully saturated rings. The molecule has 1 aromatic rings. The first-order valence-electron chi connectivity index (χ1n) is 7.31. The Balaban J connectivity index is 1.81. The Morgan fingerprint density at radius 3 is 2.50 bits per heavy atom. The van der Waals surface area contributed by atoms with Crippen LogP contribution < -0.4 is 0 Å². The number of halogens is 1. The Labute approximate surface area is 125 Å². The molecule has 0 bridgehead atoms. The van der Waals surface area contributed by atoms with Crippen LogP contribution in [-0.2, 0) is 9.53 Å². The Morgan fingerprint density at radius 2 is 1.90 bits per heavy atom. The van der Waals surface area contributed by atoms with E-state index in [-0.39, 0.29) is 12.1 Å². The van der Waals surface area contributed by atoms with Crippen molar-refractivity contribution in [2.24, 2.45) is 0 Å². The van der Waals surface area contributed by atoms with E-state index in [1.165, 1.54) is 11.6 Å². The lowest BCUT2D eigenvalue weighted by molar-refractivity contribution is -0.144. The molecule has 1 aromatic carbocycles. The molecule has 2 rings (SSSR count). The maximum atomic E-state index is 11.5. The maximum absolute atomic E-state index is 11.5. The van der Waals surface area contributed by atoms with E-state index in [0.29, 0.717) is 5.92 Å². The van der Waals surface area contributed by atoms with E-state index in [4.69, 9.17) is 16.3 Å². The van der Waals surface area contributed by atoms with E-state index in [0.717, 1.165) is 37.1 Å². The second-order valence-electron chi connectivity index (χ2n) is 5.27. The molecule has 0 aromatic heterocycles. The number of carbonyl (C=O) groups is 1. The van der Waals surface area contributed by atoms with Crippen LogP contribution in [0, 0.1) is 0 Å². The zero-order valence-corrected chi connectivity index (χ0v) is 12.6. The number of esters is 1. The number of ether oxygens (including phenoxy) is 1. The fraction of sp³-hybridized carbons (Fsp3) is 0.471. The van der Waals surface area contributed by atoms with Crippen LogP contribution in [0.1, 0.15) is 50.5 Å². The highest BCUT2D eigenvalue weighted by Crippen LogP contribution is 2.34. The zero-order chi connectivity index (χ0) is 14.4. The van der Waals surface area contributed by atoms with Crippen molar-refractivity contribution in [2.45, 2.75) is 51.0 Å². The van der Waals surface area contributed by atoms with Gasteiger partial charge in [0.05, 0.1) is 0 Å². The minimum Gasteiger partial charge on any atom is -0.459 e. The van der Waals surface area contributed by atoms with Gasteiger partial charge in [-0.25, -0.2) is 4.79 Å². The molecule has 1 aliphatic carbocycles. The van der Waals surface area contributed by atoms with Crippen LogP contribution in [0.5, 0.6) is 0 Å². The minimum absolute atomic E-state index is 0.0764. The average molecular weight is 293 g/mol. The van der Waals surface area contributed by atoms with Crippen LogP contribution in [0.15, 0.2) is 36.4 Å². The predicted molar refractivity (Wildman–Crippen MR) is 82.0 cm³/mol. The lowest BCUT2D eigenvalue weighted by Gasteiger charge is -2.28. The van der Waals surface area contributed by atoms with Crippen LogP contribution in [-0.4, -0.2) is 12.1 Å². The predicted octanol–water partition coefficient (Wildman–Crippen LogP) is 4.88. The number of hydrogen-bond donors (Lipinski definition) is 0. The van der Waals surface area contributed by atoms with Crippen LogP contribution in [0.3, 0.4) is 0 Å². The van der Waals surface area contributed by atoms with Crippen molar-refractivity contribution in [2.75, 3.05) is 0 Å². The lowest BCUT2D eigenvalue weighted by Crippen LogP contribution is -2.23. The van der Waals surface area contributed by atoms with Crippen molar-refractivity contribution in [1.29, 1.82) is 0 Å². The average Bonchev–Trinajstić information content (AvgIpc) is 2.47. The molecule has 20 heavy (non-hydrogen) atoms. The third-order valence-electron chi connectivity index (χ3n) is 3.79. The summed E-state index contributed by atoms with van der Waals surface area (Å²) in [6, 6.07) is 8.09. The van der Waals surface area contributed by atoms with Gasteiger partial charge in [0.15, 0.2) is 0 Å². The van der Waals surface area contributed by atoms with Gasteiger partial charge < -0.3 is 4.74 Å². The molecule has 0 spiro atoms. The molecule has 0 N–H and O–H groups in total. The Kier molecular flexibility index (Phi) is 5.66. The zero-order valence-electron chi connectivity index (χ0n) is 11.8. The molecular weight excluding hydrogens is 272 g/mol. The van der Waals surface area contributed by atoms with E-state index in [1.807, 2.05) is 25.1 Å². The molecule has 1 aliphatic rings. The molecule has 0 saturated heterocycles. The number of benzene rings is 1. The number of rotatable bonds is 4. The van der Waals surface area contributed by atoms with Gasteiger partial charge in [0.1, 0.15) is 6.10 Å². The summed E-state index contributed by atoms with van der Waals surface area (Å²) < 4.78 is 5.45. The fourth-order valence-electron chi connectivity index (χ4n) is 2.67. The second-order valence-corrected chi connectivity index (χ2v) is 5.71. The lowest BCUT2D eigenvalue weighted by atomic mass is 9.83. The minimum atomic E-state index is -0.207. The topological polar surface area (TPSA) is 26.3 Å². The second kappa shape index (κ2) is 7.49. The molecular formula is C17H21ClO2. The number of carbonyl (C=O) groups excluding carboxylic acids is 1. The highest BCUT2D eigenvalue weighted by Gasteiger charge is 2.24. The Morgan fingerprint density at radius 1 is 1.25 bits per heavy atom. The summed E-state index contributed by atoms with van der Waals surface area (Å²) in [7, 11) is 0. The van der Waals surface area contributed by atoms with Gasteiger partial charge in [0.25, 0.3) is 0 Å². The molecule has 2 nitrogen and oxygen atoms in total. The summed E-state index contributed by atoms with van der Waals surface area (Å²) in [6.45, 7) is 2.00. The molecule has 108 valence electrons. The highest BCUT2D eigenvalue weighted by atomic mass is 35.5. The molecule has 0 aliphatic heterocycles. The number of hydrogen-bond acceptors (Lipinski definition) is 2. The van der Waals surface area contributed by atoms with Crippen molar-refractivity contribution < 1.29 is 9.53 Å². The van der Waals surface area contributed by atoms with Crippen molar-refractivity contribution >= 4 is 17.6 Å². The summed E-state index contributed by atoms with van der Waals surface area (Å²) in [6.07, 6.45) is 8.32. The molecule has 0 heterocycles. The van der Waals surface area contributed by atoms with E-state index >= 15 is 0 Å². The summed E-state index contributed by atoms with van der Waals surface area (Å²) >= 11 is 5.91. The normalized spacial score (nSPS) is 22.9. The fourth-order valence-corrected chi connectivity index (χ4v) is 2.79. The standard InChI is InChI=1S/C17H21ClO2/c1-2-3-4-17(19)20-16-11-7-14(8-12-16)13-5-9-15(18)10-6-13/h3-6,9-10,14,16H,2,7-8,11-12H2,1H3/b4-3+. The summed E-state index contributed by atoms with van der Waals surface area (Å²) in [5.41, 5.74) is 1.34. The van der Waals surface area contributed by atoms with Gasteiger partial charge in [-0.05, 0) is 55.7 Å². The van der Waals surface area contributed by atoms with Crippen molar-refractivity contribution in [3.8, 4) is 0 Å². The van der Waals surface area contributed by atoms with Crippen LogP contribution in [0.25, 0.3) is 0 Å². The van der Waals surface area contributed by atoms with Crippen molar-refractivity contribution in [1.82, 2.24) is 0 Å². The third kappa shape index (κ3) is 4.38. The smallest absolute Gasteiger partial charge is 0.330 e. The Hall–Kier alpha value is -1.28. The first-order valence-corrected chi connectivity index (χ1v) is 7.69. The first-order chi connectivity index (χ1) is 9.69. The van der Waals surface area contributed by atoms with Gasteiger partial charge in [-0.1, -0.05) is 36.7 Å². The molecule has 0 unspecified atom stereocenters. The van der Waals surface area contributed by atoms with Crippen LogP contribution in [0.4, 0.5) is 0 Å². The van der Waals surface area contributed by atoms with Crippen molar-refractivity contribution in [3.05, 3.63) is 47.0 Å². The van der Waals surface area contributed by atoms with E-state index < -0.39 is 0 Å². The van der Waals surface area contributed by atoms with E-state index in [2.05, 4.69) is 12.1 Å². The van der Waals surface area contributed by atoms with Gasteiger partial charge in [0.2, 0.25) is 0 Å². The third-order valence-corrected chi connectivity index (χ3v) is 4.04. The molecule has 3 heteroatoms. The van der Waals surface area contributed by atoms with Crippen LogP contribution >= 0.6 is 11.6 Å². The van der Waals surface area contributed by atoms with Crippen LogP contribution in [0.2, 0.25) is 5.02 Å². The van der Waals surface area contributed by atoms with E-state index in [9.17, 15) is 4.79 Å². The highest BCUT2D eigenvalue weighted by molar-refractivity contribution is 6.30. The Bertz CT molecular complexity index is 456. The maximum Gasteiger partial charge on any atom is 0.330 e. The van der Waals surface area contributed by atoms with E-state index in [1.54, 1.807) is 0 Å². The van der Waals surface area contributed by atoms with Gasteiger partial charge >= 0.3 is 5.97 Å². The summed E-state index contributed by atoms with van der Waals surface area (Å²) in [5.74, 6) is 0.357.